The van der Waals surface area contributed by atoms with Gasteiger partial charge in [0.25, 0.3) is 0 Å². The fraction of sp³-hybridized carbons (Fsp3) is 0.200. The van der Waals surface area contributed by atoms with Crippen molar-refractivity contribution in [1.82, 2.24) is 4.90 Å². The molecule has 0 saturated carbocycles. The lowest BCUT2D eigenvalue weighted by molar-refractivity contribution is 0.0608. The third-order valence-electron chi connectivity index (χ3n) is 5.10. The highest BCUT2D eigenvalue weighted by molar-refractivity contribution is 6.03. The van der Waals surface area contributed by atoms with E-state index in [1.54, 1.807) is 12.0 Å². The van der Waals surface area contributed by atoms with Crippen LogP contribution in [0.3, 0.4) is 0 Å². The molecule has 158 valence electrons. The Morgan fingerprint density at radius 3 is 2.45 bits per heavy atom. The summed E-state index contributed by atoms with van der Waals surface area (Å²) in [5.74, 6) is 0.758. The molecule has 1 aliphatic heterocycles. The Hall–Kier alpha value is -3.80. The number of nitrogens with one attached hydrogen (secondary N) is 1. The van der Waals surface area contributed by atoms with E-state index in [1.165, 1.54) is 0 Å². The molecule has 2 amide bonds. The number of oxime groups is 1. The van der Waals surface area contributed by atoms with E-state index in [0.29, 0.717) is 19.5 Å². The Labute approximate surface area is 182 Å². The number of para-hydroxylation sites is 2. The number of hydrogen-bond donors (Lipinski definition) is 1. The van der Waals surface area contributed by atoms with Crippen LogP contribution in [-0.4, -0.2) is 36.4 Å². The Morgan fingerprint density at radius 2 is 1.71 bits per heavy atom. The summed E-state index contributed by atoms with van der Waals surface area (Å²) in [5.41, 5.74) is 3.54. The van der Waals surface area contributed by atoms with E-state index in [1.807, 2.05) is 84.9 Å². The van der Waals surface area contributed by atoms with Crippen LogP contribution in [-0.2, 0) is 11.4 Å². The summed E-state index contributed by atoms with van der Waals surface area (Å²) in [5, 5.41) is 7.25. The molecule has 0 saturated heterocycles. The van der Waals surface area contributed by atoms with Gasteiger partial charge in [0, 0.05) is 24.2 Å². The molecule has 0 aliphatic carbocycles. The van der Waals surface area contributed by atoms with E-state index in [4.69, 9.17) is 9.57 Å². The number of carbonyl (C=O) groups is 1. The highest BCUT2D eigenvalue weighted by atomic mass is 16.6. The Morgan fingerprint density at radius 1 is 1.03 bits per heavy atom. The summed E-state index contributed by atoms with van der Waals surface area (Å²) in [6.45, 7) is 0.888. The molecule has 0 spiro atoms. The third kappa shape index (κ3) is 5.22. The monoisotopic (exact) mass is 415 g/mol. The average Bonchev–Trinajstić information content (AvgIpc) is 3.28. The lowest BCUT2D eigenvalue weighted by Gasteiger charge is -2.25. The minimum absolute atomic E-state index is 0.176. The van der Waals surface area contributed by atoms with Gasteiger partial charge >= 0.3 is 6.03 Å². The summed E-state index contributed by atoms with van der Waals surface area (Å²) in [4.78, 5) is 20.5. The summed E-state index contributed by atoms with van der Waals surface area (Å²) < 4.78 is 5.45. The van der Waals surface area contributed by atoms with Gasteiger partial charge in [-0.25, -0.2) is 4.79 Å². The van der Waals surface area contributed by atoms with Crippen LogP contribution < -0.4 is 10.1 Å². The molecule has 1 heterocycles. The molecule has 0 bridgehead atoms. The van der Waals surface area contributed by atoms with Crippen LogP contribution in [0.5, 0.6) is 5.75 Å². The van der Waals surface area contributed by atoms with Gasteiger partial charge in [0.2, 0.25) is 0 Å². The number of nitrogens with zero attached hydrogens (tertiary/aromatic N) is 2. The van der Waals surface area contributed by atoms with E-state index in [2.05, 4.69) is 10.5 Å². The Bertz CT molecular complexity index is 1040. The minimum Gasteiger partial charge on any atom is -0.496 e. The lowest BCUT2D eigenvalue weighted by atomic mass is 10.0. The molecule has 1 aliphatic rings. The summed E-state index contributed by atoms with van der Waals surface area (Å²) >= 11 is 0. The van der Waals surface area contributed by atoms with Crippen LogP contribution >= 0.6 is 0 Å². The molecule has 0 aromatic heterocycles. The zero-order valence-corrected chi connectivity index (χ0v) is 17.4. The third-order valence-corrected chi connectivity index (χ3v) is 5.10. The van der Waals surface area contributed by atoms with E-state index >= 15 is 0 Å². The molecule has 4 rings (SSSR count). The normalized spacial score (nSPS) is 15.0. The number of hydrogen-bond acceptors (Lipinski definition) is 4. The molecule has 6 nitrogen and oxygen atoms in total. The number of amides is 2. The van der Waals surface area contributed by atoms with Crippen molar-refractivity contribution in [2.24, 2.45) is 5.16 Å². The maximum absolute atomic E-state index is 13.1. The van der Waals surface area contributed by atoms with Crippen LogP contribution in [0.25, 0.3) is 0 Å². The topological polar surface area (TPSA) is 63.2 Å². The summed E-state index contributed by atoms with van der Waals surface area (Å²) in [6.07, 6.45) is 0.370. The summed E-state index contributed by atoms with van der Waals surface area (Å²) in [7, 11) is 1.64. The molecule has 0 unspecified atom stereocenters. The van der Waals surface area contributed by atoms with Crippen molar-refractivity contribution in [3.05, 3.63) is 96.1 Å². The van der Waals surface area contributed by atoms with Gasteiger partial charge in [-0.3, -0.25) is 0 Å². The highest BCUT2D eigenvalue weighted by Gasteiger charge is 2.28. The van der Waals surface area contributed by atoms with Gasteiger partial charge in [0.05, 0.1) is 19.4 Å². The first-order valence-electron chi connectivity index (χ1n) is 10.2. The quantitative estimate of drug-likeness (QED) is 0.596. The number of methoxy groups -OCH3 is 1. The number of rotatable bonds is 7. The maximum atomic E-state index is 13.1. The standard InChI is InChI=1S/C25H25N3O3/c1-30-24-15-9-8-14-22(24)23-16-21(31-27-23)18-28(17-19-10-4-2-5-11-19)25(29)26-20-12-6-3-7-13-20/h2-15,21H,16-18H2,1H3,(H,26,29)/t21-/m1/s1. The number of anilines is 1. The highest BCUT2D eigenvalue weighted by Crippen LogP contribution is 2.25. The fourth-order valence-electron chi connectivity index (χ4n) is 3.56. The van der Waals surface area contributed by atoms with E-state index < -0.39 is 0 Å². The predicted octanol–water partition coefficient (Wildman–Crippen LogP) is 4.92. The first kappa shape index (κ1) is 20.5. The average molecular weight is 415 g/mol. The zero-order chi connectivity index (χ0) is 21.5. The first-order valence-corrected chi connectivity index (χ1v) is 10.2. The van der Waals surface area contributed by atoms with Crippen molar-refractivity contribution in [2.75, 3.05) is 19.0 Å². The van der Waals surface area contributed by atoms with Gasteiger partial charge in [-0.05, 0) is 29.8 Å². The molecule has 3 aromatic carbocycles. The number of benzene rings is 3. The zero-order valence-electron chi connectivity index (χ0n) is 17.4. The summed E-state index contributed by atoms with van der Waals surface area (Å²) in [6, 6.07) is 26.9. The van der Waals surface area contributed by atoms with Crippen LogP contribution in [0.1, 0.15) is 17.5 Å². The molecule has 6 heteroatoms. The second-order valence-corrected chi connectivity index (χ2v) is 7.33. The van der Waals surface area contributed by atoms with Crippen LogP contribution in [0, 0.1) is 0 Å². The number of ether oxygens (including phenoxy) is 1. The first-order chi connectivity index (χ1) is 15.2. The number of carbonyl (C=O) groups excluding carboxylic acids is 1. The van der Waals surface area contributed by atoms with Crippen molar-refractivity contribution in [1.29, 1.82) is 0 Å². The maximum Gasteiger partial charge on any atom is 0.322 e. The van der Waals surface area contributed by atoms with Gasteiger partial charge in [0.15, 0.2) is 6.10 Å². The van der Waals surface area contributed by atoms with Gasteiger partial charge in [0.1, 0.15) is 5.75 Å². The van der Waals surface area contributed by atoms with Crippen molar-refractivity contribution in [3.63, 3.8) is 0 Å². The Kier molecular flexibility index (Phi) is 6.47. The second-order valence-electron chi connectivity index (χ2n) is 7.33. The van der Waals surface area contributed by atoms with Gasteiger partial charge in [-0.1, -0.05) is 65.8 Å². The minimum atomic E-state index is -0.231. The second kappa shape index (κ2) is 9.80. The molecule has 31 heavy (non-hydrogen) atoms. The van der Waals surface area contributed by atoms with E-state index in [9.17, 15) is 4.79 Å². The SMILES string of the molecule is COc1ccccc1C1=NO[C@@H](CN(Cc2ccccc2)C(=O)Nc2ccccc2)C1. The van der Waals surface area contributed by atoms with Gasteiger partial charge in [-0.2, -0.15) is 0 Å². The van der Waals surface area contributed by atoms with E-state index in [0.717, 1.165) is 28.3 Å². The Balaban J connectivity index is 1.46. The molecular weight excluding hydrogens is 390 g/mol. The molecule has 0 radical (unpaired) electrons. The predicted molar refractivity (Wildman–Crippen MR) is 121 cm³/mol. The van der Waals surface area contributed by atoms with Crippen LogP contribution in [0.15, 0.2) is 90.1 Å². The van der Waals surface area contributed by atoms with Gasteiger partial charge < -0.3 is 19.8 Å². The molecule has 1 atom stereocenters. The van der Waals surface area contributed by atoms with Crippen molar-refractivity contribution in [3.8, 4) is 5.75 Å². The fourth-order valence-corrected chi connectivity index (χ4v) is 3.56. The molecular formula is C25H25N3O3. The van der Waals surface area contributed by atoms with Gasteiger partial charge in [-0.15, -0.1) is 0 Å². The van der Waals surface area contributed by atoms with Crippen LogP contribution in [0.2, 0.25) is 0 Å². The van der Waals surface area contributed by atoms with Crippen molar-refractivity contribution >= 4 is 17.4 Å². The van der Waals surface area contributed by atoms with Crippen LogP contribution in [0.4, 0.5) is 10.5 Å². The lowest BCUT2D eigenvalue weighted by Crippen LogP contribution is -2.40. The largest absolute Gasteiger partial charge is 0.496 e. The molecule has 3 aromatic rings. The van der Waals surface area contributed by atoms with Crippen molar-refractivity contribution in [2.45, 2.75) is 19.1 Å². The van der Waals surface area contributed by atoms with Crippen molar-refractivity contribution < 1.29 is 14.4 Å². The molecule has 0 fully saturated rings. The molecule has 1 N–H and O–H groups in total. The van der Waals surface area contributed by atoms with E-state index in [-0.39, 0.29) is 12.1 Å². The smallest absolute Gasteiger partial charge is 0.322 e. The number of urea groups is 1.